The van der Waals surface area contributed by atoms with Crippen molar-refractivity contribution < 1.29 is 27.8 Å². The molecule has 0 aliphatic carbocycles. The van der Waals surface area contributed by atoms with Gasteiger partial charge in [-0.3, -0.25) is 9.69 Å². The molecule has 0 spiro atoms. The molecule has 0 saturated carbocycles. The summed E-state index contributed by atoms with van der Waals surface area (Å²) >= 11 is 0. The topological polar surface area (TPSA) is 70.8 Å². The Bertz CT molecular complexity index is 1020. The Balaban J connectivity index is 1.47. The first-order valence-corrected chi connectivity index (χ1v) is 11.8. The van der Waals surface area contributed by atoms with Crippen LogP contribution in [0.15, 0.2) is 24.3 Å². The van der Waals surface area contributed by atoms with E-state index in [2.05, 4.69) is 14.7 Å². The number of carbonyl (C=O) groups excluding carboxylic acids is 1. The molecule has 2 aliphatic heterocycles. The first kappa shape index (κ1) is 24.5. The molecule has 7 nitrogen and oxygen atoms in total. The molecule has 34 heavy (non-hydrogen) atoms. The van der Waals surface area contributed by atoms with Gasteiger partial charge < -0.3 is 14.7 Å². The number of aliphatic hydroxyl groups excluding tert-OH is 1. The number of alkyl halides is 3. The second-order valence-corrected chi connectivity index (χ2v) is 9.07. The molecule has 2 aliphatic rings. The van der Waals surface area contributed by atoms with E-state index in [0.717, 1.165) is 38.6 Å². The lowest BCUT2D eigenvalue weighted by atomic mass is 10.00. The van der Waals surface area contributed by atoms with E-state index in [1.54, 1.807) is 19.9 Å². The summed E-state index contributed by atoms with van der Waals surface area (Å²) in [6.07, 6.45) is 0.0522. The number of aromatic nitrogens is 2. The summed E-state index contributed by atoms with van der Waals surface area (Å²) in [7, 11) is 0. The van der Waals surface area contributed by atoms with Crippen molar-refractivity contribution >= 4 is 5.91 Å². The van der Waals surface area contributed by atoms with Crippen molar-refractivity contribution in [2.24, 2.45) is 0 Å². The van der Waals surface area contributed by atoms with Gasteiger partial charge in [0.25, 0.3) is 5.91 Å². The standard InChI is InChI=1S/C24H31F3N4O3/c1-16-22(17(2)31(28-16)20-5-3-7-21(15-20)34-24(25,26)27)23(33)29-12-8-19(9-13-29)30-11-4-6-18(30)10-14-32/h3,5,7,15,18-19,32H,4,6,8-14H2,1-2H3. The number of piperidine rings is 1. The first-order valence-electron chi connectivity index (χ1n) is 11.8. The fourth-order valence-corrected chi connectivity index (χ4v) is 5.37. The van der Waals surface area contributed by atoms with E-state index in [9.17, 15) is 23.1 Å². The Morgan fingerprint density at radius 3 is 2.59 bits per heavy atom. The average Bonchev–Trinajstić information content (AvgIpc) is 3.36. The summed E-state index contributed by atoms with van der Waals surface area (Å²) in [6.45, 7) is 6.03. The Morgan fingerprint density at radius 2 is 1.91 bits per heavy atom. The van der Waals surface area contributed by atoms with Crippen LogP contribution in [-0.2, 0) is 0 Å². The normalized spacial score (nSPS) is 20.2. The minimum atomic E-state index is -4.78. The third-order valence-corrected chi connectivity index (χ3v) is 6.91. The zero-order valence-electron chi connectivity index (χ0n) is 19.5. The zero-order chi connectivity index (χ0) is 24.5. The van der Waals surface area contributed by atoms with Crippen LogP contribution in [0.3, 0.4) is 0 Å². The monoisotopic (exact) mass is 480 g/mol. The molecule has 10 heteroatoms. The number of aliphatic hydroxyl groups is 1. The maximum atomic E-state index is 13.4. The summed E-state index contributed by atoms with van der Waals surface area (Å²) in [6, 6.07) is 6.42. The number of nitrogens with zero attached hydrogens (tertiary/aromatic N) is 4. The van der Waals surface area contributed by atoms with Crippen LogP contribution in [0.2, 0.25) is 0 Å². The molecule has 0 radical (unpaired) electrons. The van der Waals surface area contributed by atoms with Crippen LogP contribution in [0, 0.1) is 13.8 Å². The minimum absolute atomic E-state index is 0.101. The van der Waals surface area contributed by atoms with E-state index in [-0.39, 0.29) is 18.3 Å². The Morgan fingerprint density at radius 1 is 1.18 bits per heavy atom. The van der Waals surface area contributed by atoms with Crippen LogP contribution in [0.4, 0.5) is 13.2 Å². The lowest BCUT2D eigenvalue weighted by Gasteiger charge is -2.39. The molecule has 2 saturated heterocycles. The number of rotatable bonds is 6. The second-order valence-electron chi connectivity index (χ2n) is 9.07. The van der Waals surface area contributed by atoms with Crippen LogP contribution < -0.4 is 4.74 Å². The number of benzene rings is 1. The zero-order valence-corrected chi connectivity index (χ0v) is 19.5. The smallest absolute Gasteiger partial charge is 0.406 e. The van der Waals surface area contributed by atoms with Crippen molar-refractivity contribution in [3.8, 4) is 11.4 Å². The predicted octanol–water partition coefficient (Wildman–Crippen LogP) is 3.84. The lowest BCUT2D eigenvalue weighted by Crippen LogP contribution is -2.48. The fourth-order valence-electron chi connectivity index (χ4n) is 5.37. The molecule has 4 rings (SSSR count). The highest BCUT2D eigenvalue weighted by Crippen LogP contribution is 2.30. The van der Waals surface area contributed by atoms with Gasteiger partial charge in [0, 0.05) is 37.8 Å². The van der Waals surface area contributed by atoms with Crippen LogP contribution in [0.5, 0.6) is 5.75 Å². The summed E-state index contributed by atoms with van der Waals surface area (Å²) in [5.74, 6) is -0.440. The molecule has 1 aromatic heterocycles. The largest absolute Gasteiger partial charge is 0.573 e. The highest BCUT2D eigenvalue weighted by Gasteiger charge is 2.35. The predicted molar refractivity (Wildman–Crippen MR) is 120 cm³/mol. The van der Waals surface area contributed by atoms with Gasteiger partial charge in [-0.05, 0) is 64.6 Å². The summed E-state index contributed by atoms with van der Waals surface area (Å²) in [4.78, 5) is 17.7. The van der Waals surface area contributed by atoms with Gasteiger partial charge >= 0.3 is 6.36 Å². The maximum Gasteiger partial charge on any atom is 0.573 e. The second kappa shape index (κ2) is 9.95. The van der Waals surface area contributed by atoms with E-state index in [0.29, 0.717) is 47.8 Å². The Kier molecular flexibility index (Phi) is 7.18. The molecule has 1 N–H and O–H groups in total. The van der Waals surface area contributed by atoms with E-state index >= 15 is 0 Å². The first-order chi connectivity index (χ1) is 16.2. The van der Waals surface area contributed by atoms with E-state index in [4.69, 9.17) is 0 Å². The molecule has 2 fully saturated rings. The van der Waals surface area contributed by atoms with Crippen molar-refractivity contribution in [1.29, 1.82) is 0 Å². The fraction of sp³-hybridized carbons (Fsp3) is 0.583. The van der Waals surface area contributed by atoms with Gasteiger partial charge in [0.1, 0.15) is 5.75 Å². The number of carbonyl (C=O) groups is 1. The van der Waals surface area contributed by atoms with Crippen molar-refractivity contribution in [2.75, 3.05) is 26.2 Å². The van der Waals surface area contributed by atoms with Gasteiger partial charge in [-0.25, -0.2) is 4.68 Å². The molecule has 186 valence electrons. The van der Waals surface area contributed by atoms with Gasteiger partial charge in [0.15, 0.2) is 0 Å². The summed E-state index contributed by atoms with van der Waals surface area (Å²) in [5.41, 5.74) is 2.00. The van der Waals surface area contributed by atoms with E-state index in [1.807, 2.05) is 4.90 Å². The van der Waals surface area contributed by atoms with Gasteiger partial charge in [-0.1, -0.05) is 6.07 Å². The highest BCUT2D eigenvalue weighted by molar-refractivity contribution is 5.96. The Labute approximate surface area is 197 Å². The molecule has 2 aromatic rings. The molecule has 0 bridgehead atoms. The molecule has 1 aromatic carbocycles. The molecule has 1 unspecified atom stereocenters. The molecular weight excluding hydrogens is 449 g/mol. The van der Waals surface area contributed by atoms with Crippen molar-refractivity contribution in [3.05, 3.63) is 41.2 Å². The van der Waals surface area contributed by atoms with E-state index < -0.39 is 6.36 Å². The number of aryl methyl sites for hydroxylation is 1. The molecule has 3 heterocycles. The van der Waals surface area contributed by atoms with E-state index in [1.165, 1.54) is 22.9 Å². The number of hydrogen-bond donors (Lipinski definition) is 1. The average molecular weight is 481 g/mol. The maximum absolute atomic E-state index is 13.4. The number of ether oxygens (including phenoxy) is 1. The number of halogens is 3. The number of hydrogen-bond acceptors (Lipinski definition) is 5. The number of likely N-dealkylation sites (tertiary alicyclic amines) is 2. The van der Waals surface area contributed by atoms with Gasteiger partial charge in [0.2, 0.25) is 0 Å². The van der Waals surface area contributed by atoms with Crippen LogP contribution in [-0.4, -0.2) is 75.3 Å². The summed E-state index contributed by atoms with van der Waals surface area (Å²) in [5, 5.41) is 13.8. The molecule has 1 amide bonds. The number of amides is 1. The van der Waals surface area contributed by atoms with Gasteiger partial charge in [-0.15, -0.1) is 13.2 Å². The minimum Gasteiger partial charge on any atom is -0.406 e. The summed E-state index contributed by atoms with van der Waals surface area (Å²) < 4.78 is 43.3. The molecule has 1 atom stereocenters. The van der Waals surface area contributed by atoms with Gasteiger partial charge in [-0.2, -0.15) is 5.10 Å². The lowest BCUT2D eigenvalue weighted by molar-refractivity contribution is -0.274. The SMILES string of the molecule is Cc1nn(-c2cccc(OC(F)(F)F)c2)c(C)c1C(=O)N1CCC(N2CCCC2CCO)CC1. The van der Waals surface area contributed by atoms with Crippen molar-refractivity contribution in [3.63, 3.8) is 0 Å². The third-order valence-electron chi connectivity index (χ3n) is 6.91. The Hall–Kier alpha value is -2.59. The van der Waals surface area contributed by atoms with Crippen molar-refractivity contribution in [2.45, 2.75) is 64.4 Å². The highest BCUT2D eigenvalue weighted by atomic mass is 19.4. The quantitative estimate of drug-likeness (QED) is 0.681. The van der Waals surface area contributed by atoms with Crippen LogP contribution >= 0.6 is 0 Å². The van der Waals surface area contributed by atoms with Gasteiger partial charge in [0.05, 0.1) is 22.6 Å². The van der Waals surface area contributed by atoms with Crippen molar-refractivity contribution in [1.82, 2.24) is 19.6 Å². The van der Waals surface area contributed by atoms with Crippen LogP contribution in [0.25, 0.3) is 5.69 Å². The van der Waals surface area contributed by atoms with Crippen LogP contribution in [0.1, 0.15) is 53.8 Å². The molecular formula is C24H31F3N4O3. The third kappa shape index (κ3) is 5.22.